The summed E-state index contributed by atoms with van der Waals surface area (Å²) in [5.74, 6) is -1.92. The zero-order valence-electron chi connectivity index (χ0n) is 9.58. The van der Waals surface area contributed by atoms with E-state index in [2.05, 4.69) is 5.32 Å². The number of rotatable bonds is 4. The molecule has 0 aromatic carbocycles. The van der Waals surface area contributed by atoms with E-state index in [-0.39, 0.29) is 6.54 Å². The molecule has 0 saturated heterocycles. The summed E-state index contributed by atoms with van der Waals surface area (Å²) in [5, 5.41) is 13.1. The second kappa shape index (κ2) is 4.52. The number of thiophene rings is 1. The lowest BCUT2D eigenvalue weighted by molar-refractivity contribution is -0.143. The van der Waals surface area contributed by atoms with Crippen LogP contribution < -0.4 is 5.32 Å². The Morgan fingerprint density at radius 2 is 2.00 bits per heavy atom. The van der Waals surface area contributed by atoms with E-state index in [0.29, 0.717) is 12.8 Å². The van der Waals surface area contributed by atoms with Crippen LogP contribution in [0.2, 0.25) is 0 Å². The Bertz CT molecular complexity index is 520. The second-order valence-corrected chi connectivity index (χ2v) is 5.21. The van der Waals surface area contributed by atoms with Gasteiger partial charge in [-0.2, -0.15) is 24.5 Å². The van der Waals surface area contributed by atoms with Crippen molar-refractivity contribution in [2.24, 2.45) is 5.41 Å². The molecular formula is C11H10F3NO3S. The van der Waals surface area contributed by atoms with Gasteiger partial charge in [0.25, 0.3) is 5.91 Å². The van der Waals surface area contributed by atoms with Crippen LogP contribution in [0.15, 0.2) is 10.8 Å². The predicted octanol–water partition coefficient (Wildman–Crippen LogP) is 2.36. The first-order chi connectivity index (χ1) is 8.76. The average Bonchev–Trinajstić information content (AvgIpc) is 2.92. The van der Waals surface area contributed by atoms with Crippen LogP contribution in [0.25, 0.3) is 0 Å². The van der Waals surface area contributed by atoms with E-state index in [1.165, 1.54) is 0 Å². The minimum Gasteiger partial charge on any atom is -0.481 e. The number of amides is 1. The van der Waals surface area contributed by atoms with Crippen LogP contribution in [0.4, 0.5) is 13.2 Å². The molecule has 0 bridgehead atoms. The lowest BCUT2D eigenvalue weighted by Gasteiger charge is -2.12. The van der Waals surface area contributed by atoms with E-state index in [1.54, 1.807) is 0 Å². The van der Waals surface area contributed by atoms with Crippen LogP contribution >= 0.6 is 11.3 Å². The molecule has 0 atom stereocenters. The van der Waals surface area contributed by atoms with E-state index in [4.69, 9.17) is 5.11 Å². The minimum absolute atomic E-state index is 0.145. The number of carboxylic acid groups (broad SMARTS) is 1. The van der Waals surface area contributed by atoms with E-state index in [0.717, 1.165) is 22.1 Å². The van der Waals surface area contributed by atoms with Crippen LogP contribution in [0.1, 0.15) is 28.8 Å². The Hall–Kier alpha value is -1.57. The molecule has 0 aliphatic heterocycles. The third-order valence-electron chi connectivity index (χ3n) is 3.11. The topological polar surface area (TPSA) is 66.4 Å². The maximum atomic E-state index is 12.6. The molecule has 1 aromatic heterocycles. The fourth-order valence-electron chi connectivity index (χ4n) is 1.65. The Labute approximate surface area is 110 Å². The van der Waals surface area contributed by atoms with Crippen molar-refractivity contribution < 1.29 is 27.9 Å². The monoisotopic (exact) mass is 293 g/mol. The number of hydrogen-bond donors (Lipinski definition) is 2. The molecule has 1 amide bonds. The number of halogens is 3. The number of carbonyl (C=O) groups excluding carboxylic acids is 1. The number of carboxylic acids is 1. The van der Waals surface area contributed by atoms with E-state index in [1.807, 2.05) is 0 Å². The molecule has 19 heavy (non-hydrogen) atoms. The predicted molar refractivity (Wildman–Crippen MR) is 61.0 cm³/mol. The maximum Gasteiger partial charge on any atom is 0.417 e. The quantitative estimate of drug-likeness (QED) is 0.895. The highest BCUT2D eigenvalue weighted by Crippen LogP contribution is 2.45. The molecule has 0 radical (unpaired) electrons. The molecule has 104 valence electrons. The number of alkyl halides is 3. The summed E-state index contributed by atoms with van der Waals surface area (Å²) in [6.07, 6.45) is -3.73. The molecule has 1 aromatic rings. The lowest BCUT2D eigenvalue weighted by atomic mass is 10.1. The summed E-state index contributed by atoms with van der Waals surface area (Å²) >= 11 is 0.780. The van der Waals surface area contributed by atoms with Gasteiger partial charge in [0.1, 0.15) is 0 Å². The van der Waals surface area contributed by atoms with Crippen LogP contribution in [0, 0.1) is 5.41 Å². The summed E-state index contributed by atoms with van der Waals surface area (Å²) < 4.78 is 37.8. The van der Waals surface area contributed by atoms with Gasteiger partial charge in [-0.1, -0.05) is 0 Å². The van der Waals surface area contributed by atoms with Crippen molar-refractivity contribution in [3.05, 3.63) is 21.9 Å². The van der Waals surface area contributed by atoms with Crippen molar-refractivity contribution in [2.45, 2.75) is 19.0 Å². The van der Waals surface area contributed by atoms with Crippen molar-refractivity contribution in [2.75, 3.05) is 6.54 Å². The van der Waals surface area contributed by atoms with Crippen molar-refractivity contribution in [1.29, 1.82) is 0 Å². The van der Waals surface area contributed by atoms with Gasteiger partial charge < -0.3 is 10.4 Å². The zero-order valence-corrected chi connectivity index (χ0v) is 10.4. The van der Waals surface area contributed by atoms with Crippen molar-refractivity contribution in [1.82, 2.24) is 5.32 Å². The fraction of sp³-hybridized carbons (Fsp3) is 0.455. The summed E-state index contributed by atoms with van der Waals surface area (Å²) in [5.41, 5.74) is -2.45. The Morgan fingerprint density at radius 1 is 1.37 bits per heavy atom. The van der Waals surface area contributed by atoms with Crippen LogP contribution in [0.5, 0.6) is 0 Å². The molecule has 1 heterocycles. The van der Waals surface area contributed by atoms with Gasteiger partial charge in [0, 0.05) is 17.3 Å². The van der Waals surface area contributed by atoms with Crippen LogP contribution in [-0.4, -0.2) is 23.5 Å². The molecule has 0 spiro atoms. The first-order valence-electron chi connectivity index (χ1n) is 5.41. The molecular weight excluding hydrogens is 283 g/mol. The lowest BCUT2D eigenvalue weighted by Crippen LogP contribution is -2.34. The third-order valence-corrected chi connectivity index (χ3v) is 3.85. The average molecular weight is 293 g/mol. The first-order valence-corrected chi connectivity index (χ1v) is 6.35. The normalized spacial score (nSPS) is 17.0. The number of aliphatic carboxylic acids is 1. The molecule has 1 aliphatic rings. The largest absolute Gasteiger partial charge is 0.481 e. The molecule has 1 fully saturated rings. The Morgan fingerprint density at radius 3 is 2.47 bits per heavy atom. The summed E-state index contributed by atoms with van der Waals surface area (Å²) in [7, 11) is 0. The number of carbonyl (C=O) groups is 2. The van der Waals surface area contributed by atoms with Crippen molar-refractivity contribution >= 4 is 23.2 Å². The molecule has 1 saturated carbocycles. The molecule has 2 rings (SSSR count). The summed E-state index contributed by atoms with van der Waals surface area (Å²) in [6, 6.07) is 0. The van der Waals surface area contributed by atoms with Gasteiger partial charge in [-0.3, -0.25) is 9.59 Å². The summed E-state index contributed by atoms with van der Waals surface area (Å²) in [4.78, 5) is 22.6. The highest BCUT2D eigenvalue weighted by molar-refractivity contribution is 7.08. The standard InChI is InChI=1S/C11H10F3NO3S/c12-11(13,14)7-4-19-3-6(7)8(16)15-5-10(1-2-10)9(17)18/h3-4H,1-2,5H2,(H,15,16)(H,17,18). The van der Waals surface area contributed by atoms with Gasteiger partial charge in [0.2, 0.25) is 0 Å². The second-order valence-electron chi connectivity index (χ2n) is 4.47. The van der Waals surface area contributed by atoms with E-state index < -0.39 is 34.6 Å². The fourth-order valence-corrected chi connectivity index (χ4v) is 2.49. The molecule has 8 heteroatoms. The van der Waals surface area contributed by atoms with Gasteiger partial charge in [-0.15, -0.1) is 0 Å². The molecule has 4 nitrogen and oxygen atoms in total. The van der Waals surface area contributed by atoms with Crippen LogP contribution in [0.3, 0.4) is 0 Å². The first kappa shape index (κ1) is 13.9. The SMILES string of the molecule is O=C(NCC1(C(=O)O)CC1)c1cscc1C(F)(F)F. The third kappa shape index (κ3) is 2.73. The number of hydrogen-bond acceptors (Lipinski definition) is 3. The van der Waals surface area contributed by atoms with Gasteiger partial charge in [0.05, 0.1) is 16.5 Å². The highest BCUT2D eigenvalue weighted by Gasteiger charge is 2.50. The highest BCUT2D eigenvalue weighted by atomic mass is 32.1. The van der Waals surface area contributed by atoms with E-state index in [9.17, 15) is 22.8 Å². The van der Waals surface area contributed by atoms with Gasteiger partial charge in [-0.05, 0) is 12.8 Å². The zero-order chi connectivity index (χ0) is 14.3. The maximum absolute atomic E-state index is 12.6. The molecule has 0 unspecified atom stereocenters. The summed E-state index contributed by atoms with van der Waals surface area (Å²) in [6.45, 7) is -0.145. The Kier molecular flexibility index (Phi) is 3.29. The van der Waals surface area contributed by atoms with Crippen LogP contribution in [-0.2, 0) is 11.0 Å². The van der Waals surface area contributed by atoms with Gasteiger partial charge in [-0.25, -0.2) is 0 Å². The Balaban J connectivity index is 2.06. The van der Waals surface area contributed by atoms with E-state index >= 15 is 0 Å². The van der Waals surface area contributed by atoms with Gasteiger partial charge in [0.15, 0.2) is 0 Å². The minimum atomic E-state index is -4.59. The van der Waals surface area contributed by atoms with Gasteiger partial charge >= 0.3 is 12.1 Å². The number of nitrogens with one attached hydrogen (secondary N) is 1. The molecule has 1 aliphatic carbocycles. The molecule has 2 N–H and O–H groups in total. The van der Waals surface area contributed by atoms with Crippen molar-refractivity contribution in [3.8, 4) is 0 Å². The van der Waals surface area contributed by atoms with Crippen molar-refractivity contribution in [3.63, 3.8) is 0 Å². The smallest absolute Gasteiger partial charge is 0.417 e.